The van der Waals surface area contributed by atoms with Crippen molar-refractivity contribution in [2.75, 3.05) is 44.3 Å². The lowest BCUT2D eigenvalue weighted by Crippen LogP contribution is -2.37. The Morgan fingerprint density at radius 2 is 2.00 bits per heavy atom. The quantitative estimate of drug-likeness (QED) is 0.760. The lowest BCUT2D eigenvalue weighted by molar-refractivity contribution is 0.0288. The molecule has 2 aliphatic rings. The molecule has 7 nitrogen and oxygen atoms in total. The summed E-state index contributed by atoms with van der Waals surface area (Å²) in [5.41, 5.74) is 1.66. The zero-order valence-corrected chi connectivity index (χ0v) is 17.4. The maximum atomic E-state index is 12.4. The van der Waals surface area contributed by atoms with Crippen molar-refractivity contribution in [1.82, 2.24) is 14.7 Å². The Morgan fingerprint density at radius 3 is 2.71 bits per heavy atom. The van der Waals surface area contributed by atoms with E-state index >= 15 is 0 Å². The minimum absolute atomic E-state index is 0.117. The summed E-state index contributed by atoms with van der Waals surface area (Å²) < 4.78 is 13.1. The average molecular weight is 407 g/mol. The molecule has 0 radical (unpaired) electrons. The number of amides is 1. The molecule has 1 aromatic heterocycles. The third-order valence-corrected chi connectivity index (χ3v) is 5.37. The molecule has 2 saturated heterocycles. The Bertz CT molecular complexity index is 870. The summed E-state index contributed by atoms with van der Waals surface area (Å²) in [5.74, 6) is 0. The zero-order valence-electron chi connectivity index (χ0n) is 16.7. The van der Waals surface area contributed by atoms with Crippen LogP contribution in [0.4, 0.5) is 10.5 Å². The van der Waals surface area contributed by atoms with Crippen LogP contribution in [0.15, 0.2) is 18.3 Å². The fourth-order valence-corrected chi connectivity index (χ4v) is 4.11. The molecule has 0 bridgehead atoms. The van der Waals surface area contributed by atoms with E-state index in [-0.39, 0.29) is 12.1 Å². The van der Waals surface area contributed by atoms with Crippen molar-refractivity contribution in [3.63, 3.8) is 0 Å². The maximum Gasteiger partial charge on any atom is 0.410 e. The number of anilines is 1. The Hall–Kier alpha value is -1.99. The third-order valence-electron chi connectivity index (χ3n) is 5.15. The molecule has 28 heavy (non-hydrogen) atoms. The van der Waals surface area contributed by atoms with Crippen molar-refractivity contribution >= 4 is 34.3 Å². The lowest BCUT2D eigenvalue weighted by Gasteiger charge is -2.30. The summed E-state index contributed by atoms with van der Waals surface area (Å²) >= 11 is 6.37. The summed E-state index contributed by atoms with van der Waals surface area (Å²) in [6, 6.07) is 4.07. The van der Waals surface area contributed by atoms with E-state index in [1.807, 2.05) is 39.1 Å². The predicted octanol–water partition coefficient (Wildman–Crippen LogP) is 3.71. The van der Waals surface area contributed by atoms with Gasteiger partial charge in [0.25, 0.3) is 0 Å². The first-order chi connectivity index (χ1) is 13.3. The molecule has 0 spiro atoms. The zero-order chi connectivity index (χ0) is 19.9. The number of rotatable bonds is 2. The van der Waals surface area contributed by atoms with Crippen LogP contribution >= 0.6 is 11.6 Å². The number of ether oxygens (including phenoxy) is 2. The number of carbonyl (C=O) groups is 1. The SMILES string of the molecule is CC(C)(C)OC(=O)N1CCC(n2ncc3cc(Cl)cc(N4CCOCC4)c32)C1. The third kappa shape index (κ3) is 3.91. The summed E-state index contributed by atoms with van der Waals surface area (Å²) in [5, 5.41) is 6.39. The minimum atomic E-state index is -0.492. The van der Waals surface area contributed by atoms with Gasteiger partial charge < -0.3 is 19.3 Å². The van der Waals surface area contributed by atoms with Crippen LogP contribution in [0.3, 0.4) is 0 Å². The summed E-state index contributed by atoms with van der Waals surface area (Å²) in [6.45, 7) is 9.99. The second kappa shape index (κ2) is 7.44. The van der Waals surface area contributed by atoms with Crippen molar-refractivity contribution in [2.24, 2.45) is 0 Å². The fraction of sp³-hybridized carbons (Fsp3) is 0.600. The molecule has 1 aromatic carbocycles. The number of carbonyl (C=O) groups excluding carboxylic acids is 1. The van der Waals surface area contributed by atoms with Crippen molar-refractivity contribution in [2.45, 2.75) is 38.8 Å². The van der Waals surface area contributed by atoms with Crippen LogP contribution in [-0.2, 0) is 9.47 Å². The summed E-state index contributed by atoms with van der Waals surface area (Å²) in [4.78, 5) is 16.5. The molecule has 2 fully saturated rings. The van der Waals surface area contributed by atoms with Crippen LogP contribution in [-0.4, -0.2) is 65.8 Å². The molecule has 0 N–H and O–H groups in total. The van der Waals surface area contributed by atoms with Crippen LogP contribution in [0.5, 0.6) is 0 Å². The molecular formula is C20H27ClN4O3. The van der Waals surface area contributed by atoms with Gasteiger partial charge in [-0.2, -0.15) is 5.10 Å². The van der Waals surface area contributed by atoms with E-state index in [1.54, 1.807) is 4.90 Å². The maximum absolute atomic E-state index is 12.4. The molecule has 0 aliphatic carbocycles. The van der Waals surface area contributed by atoms with Gasteiger partial charge in [0.1, 0.15) is 5.60 Å². The predicted molar refractivity (Wildman–Crippen MR) is 109 cm³/mol. The topological polar surface area (TPSA) is 59.8 Å². The van der Waals surface area contributed by atoms with Gasteiger partial charge >= 0.3 is 6.09 Å². The molecule has 1 amide bonds. The highest BCUT2D eigenvalue weighted by molar-refractivity contribution is 6.31. The van der Waals surface area contributed by atoms with Crippen LogP contribution in [0.1, 0.15) is 33.2 Å². The van der Waals surface area contributed by atoms with Crippen molar-refractivity contribution in [3.8, 4) is 0 Å². The van der Waals surface area contributed by atoms with Crippen molar-refractivity contribution in [3.05, 3.63) is 23.4 Å². The number of hydrogen-bond acceptors (Lipinski definition) is 5. The van der Waals surface area contributed by atoms with Gasteiger partial charge in [0.05, 0.1) is 36.7 Å². The van der Waals surface area contributed by atoms with E-state index in [2.05, 4.69) is 14.7 Å². The van der Waals surface area contributed by atoms with E-state index in [0.717, 1.165) is 36.1 Å². The number of nitrogens with zero attached hydrogens (tertiary/aromatic N) is 4. The van der Waals surface area contributed by atoms with E-state index < -0.39 is 5.60 Å². The Labute approximate surface area is 170 Å². The number of likely N-dealkylation sites (tertiary alicyclic amines) is 1. The minimum Gasteiger partial charge on any atom is -0.444 e. The molecule has 8 heteroatoms. The Kier molecular flexibility index (Phi) is 5.14. The summed E-state index contributed by atoms with van der Waals surface area (Å²) in [7, 11) is 0. The van der Waals surface area contributed by atoms with Gasteiger partial charge in [0.15, 0.2) is 0 Å². The Balaban J connectivity index is 1.62. The van der Waals surface area contributed by atoms with Crippen LogP contribution in [0.2, 0.25) is 5.02 Å². The number of fused-ring (bicyclic) bond motifs is 1. The number of hydrogen-bond donors (Lipinski definition) is 0. The molecule has 3 heterocycles. The van der Waals surface area contributed by atoms with Gasteiger partial charge in [-0.1, -0.05) is 11.6 Å². The highest BCUT2D eigenvalue weighted by Crippen LogP contribution is 2.35. The first kappa shape index (κ1) is 19.3. The van der Waals surface area contributed by atoms with Gasteiger partial charge in [-0.25, -0.2) is 4.79 Å². The molecule has 152 valence electrons. The molecule has 4 rings (SSSR count). The number of morpholine rings is 1. The standard InChI is InChI=1S/C20H27ClN4O3/c1-20(2,3)28-19(26)24-5-4-16(13-24)25-18-14(12-22-25)10-15(21)11-17(18)23-6-8-27-9-7-23/h10-12,16H,4-9,13H2,1-3H3. The number of aromatic nitrogens is 2. The van der Waals surface area contributed by atoms with E-state index in [4.69, 9.17) is 21.1 Å². The summed E-state index contributed by atoms with van der Waals surface area (Å²) in [6.07, 6.45) is 2.45. The first-order valence-electron chi connectivity index (χ1n) is 9.79. The number of halogens is 1. The highest BCUT2D eigenvalue weighted by Gasteiger charge is 2.32. The molecule has 2 aliphatic heterocycles. The van der Waals surface area contributed by atoms with E-state index in [9.17, 15) is 4.79 Å². The van der Waals surface area contributed by atoms with Gasteiger partial charge in [0.2, 0.25) is 0 Å². The normalized spacial score (nSPS) is 20.8. The first-order valence-corrected chi connectivity index (χ1v) is 10.2. The second-order valence-corrected chi connectivity index (χ2v) is 8.86. The molecule has 0 saturated carbocycles. The monoisotopic (exact) mass is 406 g/mol. The highest BCUT2D eigenvalue weighted by atomic mass is 35.5. The van der Waals surface area contributed by atoms with Crippen molar-refractivity contribution < 1.29 is 14.3 Å². The van der Waals surface area contributed by atoms with Gasteiger partial charge in [-0.15, -0.1) is 0 Å². The smallest absolute Gasteiger partial charge is 0.410 e. The van der Waals surface area contributed by atoms with Crippen LogP contribution < -0.4 is 4.90 Å². The lowest BCUT2D eigenvalue weighted by atomic mass is 10.1. The van der Waals surface area contributed by atoms with Crippen molar-refractivity contribution in [1.29, 1.82) is 0 Å². The molecular weight excluding hydrogens is 380 g/mol. The van der Waals surface area contributed by atoms with Gasteiger partial charge in [-0.05, 0) is 39.3 Å². The van der Waals surface area contributed by atoms with Gasteiger partial charge in [0, 0.05) is 36.6 Å². The van der Waals surface area contributed by atoms with E-state index in [0.29, 0.717) is 31.3 Å². The van der Waals surface area contributed by atoms with Crippen LogP contribution in [0, 0.1) is 0 Å². The average Bonchev–Trinajstić information content (AvgIpc) is 3.27. The van der Waals surface area contributed by atoms with Crippen LogP contribution in [0.25, 0.3) is 10.9 Å². The fourth-order valence-electron chi connectivity index (χ4n) is 3.89. The largest absolute Gasteiger partial charge is 0.444 e. The second-order valence-electron chi connectivity index (χ2n) is 8.42. The molecule has 2 aromatic rings. The van der Waals surface area contributed by atoms with Gasteiger partial charge in [-0.3, -0.25) is 4.68 Å². The molecule has 1 unspecified atom stereocenters. The van der Waals surface area contributed by atoms with E-state index in [1.165, 1.54) is 0 Å². The Morgan fingerprint density at radius 1 is 1.25 bits per heavy atom. The molecule has 1 atom stereocenters. The number of benzene rings is 1.